The van der Waals surface area contributed by atoms with Crippen molar-refractivity contribution in [2.45, 2.75) is 81.4 Å². The molecule has 9 heteroatoms. The molecule has 192 valence electrons. The Balaban J connectivity index is 1.96. The summed E-state index contributed by atoms with van der Waals surface area (Å²) in [5.74, 6) is -2.22. The summed E-state index contributed by atoms with van der Waals surface area (Å²) in [5, 5.41) is 9.15. The summed E-state index contributed by atoms with van der Waals surface area (Å²) in [7, 11) is 0. The number of fused-ring (bicyclic) bond motifs is 1. The lowest BCUT2D eigenvalue weighted by atomic mass is 9.70. The van der Waals surface area contributed by atoms with E-state index in [9.17, 15) is 14.4 Å². The lowest BCUT2D eigenvalue weighted by molar-refractivity contribution is -0.154. The van der Waals surface area contributed by atoms with E-state index in [1.807, 2.05) is 0 Å². The summed E-state index contributed by atoms with van der Waals surface area (Å²) in [6.07, 6.45) is 6.69. The van der Waals surface area contributed by atoms with Gasteiger partial charge in [-0.15, -0.1) is 6.58 Å². The average molecular weight is 543 g/mol. The average Bonchev–Trinajstić information content (AvgIpc) is 3.39. The summed E-state index contributed by atoms with van der Waals surface area (Å²) >= 11 is 3.66. The molecule has 3 fully saturated rings. The Hall–Kier alpha value is -1.45. The normalized spacial score (nSPS) is 31.6. The van der Waals surface area contributed by atoms with Gasteiger partial charge in [-0.3, -0.25) is 14.4 Å². The number of halogens is 1. The monoisotopic (exact) mass is 542 g/mol. The quantitative estimate of drug-likeness (QED) is 0.157. The van der Waals surface area contributed by atoms with Gasteiger partial charge >= 0.3 is 5.97 Å². The van der Waals surface area contributed by atoms with Crippen LogP contribution in [0.5, 0.6) is 0 Å². The molecule has 6 atom stereocenters. The van der Waals surface area contributed by atoms with E-state index in [-0.39, 0.29) is 29.9 Å². The molecule has 34 heavy (non-hydrogen) atoms. The molecule has 0 aromatic heterocycles. The molecule has 8 nitrogen and oxygen atoms in total. The van der Waals surface area contributed by atoms with Crippen LogP contribution in [-0.2, 0) is 23.9 Å². The number of ether oxygens (including phenoxy) is 2. The molecule has 3 heterocycles. The van der Waals surface area contributed by atoms with E-state index in [0.29, 0.717) is 38.9 Å². The van der Waals surface area contributed by atoms with Crippen molar-refractivity contribution in [2.24, 2.45) is 11.8 Å². The smallest absolute Gasteiger partial charge is 0.312 e. The van der Waals surface area contributed by atoms with Crippen LogP contribution in [0.15, 0.2) is 12.7 Å². The van der Waals surface area contributed by atoms with E-state index in [1.165, 1.54) is 0 Å². The van der Waals surface area contributed by atoms with E-state index < -0.39 is 35.6 Å². The molecule has 0 radical (unpaired) electrons. The van der Waals surface area contributed by atoms with Gasteiger partial charge in [0.15, 0.2) is 0 Å². The summed E-state index contributed by atoms with van der Waals surface area (Å²) in [6.45, 7) is 9.37. The predicted octanol–water partition coefficient (Wildman–Crippen LogP) is 2.66. The highest BCUT2D eigenvalue weighted by Gasteiger charge is 2.77. The Morgan fingerprint density at radius 3 is 2.71 bits per heavy atom. The van der Waals surface area contributed by atoms with Crippen LogP contribution in [0.4, 0.5) is 0 Å². The molecule has 3 aliphatic rings. The van der Waals surface area contributed by atoms with Crippen LogP contribution in [0.1, 0.15) is 58.8 Å². The minimum atomic E-state index is -1.05. The summed E-state index contributed by atoms with van der Waals surface area (Å²) < 4.78 is 11.8. The topological polar surface area (TPSA) is 96.4 Å². The molecular formula is C25H39BrN2O6. The Morgan fingerprint density at radius 2 is 2.06 bits per heavy atom. The number of aliphatic hydroxyl groups excluding tert-OH is 1. The van der Waals surface area contributed by atoms with Crippen molar-refractivity contribution in [3.63, 3.8) is 0 Å². The van der Waals surface area contributed by atoms with Crippen molar-refractivity contribution in [1.82, 2.24) is 9.80 Å². The Kier molecular flexibility index (Phi) is 9.57. The highest BCUT2D eigenvalue weighted by atomic mass is 79.9. The molecule has 0 aromatic carbocycles. The number of rotatable bonds is 14. The number of nitrogens with zero attached hydrogens (tertiary/aromatic N) is 2. The second kappa shape index (κ2) is 12.0. The van der Waals surface area contributed by atoms with Gasteiger partial charge in [0.1, 0.15) is 11.6 Å². The van der Waals surface area contributed by atoms with Gasteiger partial charge in [-0.25, -0.2) is 0 Å². The van der Waals surface area contributed by atoms with Crippen LogP contribution in [-0.4, -0.2) is 88.1 Å². The van der Waals surface area contributed by atoms with Crippen molar-refractivity contribution in [3.05, 3.63) is 12.7 Å². The van der Waals surface area contributed by atoms with E-state index in [4.69, 9.17) is 14.6 Å². The first-order valence-corrected chi connectivity index (χ1v) is 13.6. The van der Waals surface area contributed by atoms with Gasteiger partial charge in [0.05, 0.1) is 24.5 Å². The minimum Gasteiger partial charge on any atom is -0.466 e. The van der Waals surface area contributed by atoms with Crippen molar-refractivity contribution >= 4 is 33.7 Å². The first-order chi connectivity index (χ1) is 16.4. The molecule has 1 N–H and O–H groups in total. The maximum atomic E-state index is 14.0. The molecule has 0 saturated carbocycles. The van der Waals surface area contributed by atoms with Crippen LogP contribution in [0, 0.1) is 11.8 Å². The lowest BCUT2D eigenvalue weighted by Crippen LogP contribution is -2.57. The van der Waals surface area contributed by atoms with Gasteiger partial charge in [-0.2, -0.15) is 0 Å². The molecule has 3 aliphatic heterocycles. The molecule has 3 saturated heterocycles. The second-order valence-electron chi connectivity index (χ2n) is 9.51. The van der Waals surface area contributed by atoms with E-state index in [0.717, 1.165) is 25.7 Å². The van der Waals surface area contributed by atoms with Crippen LogP contribution in [0.25, 0.3) is 0 Å². The second-order valence-corrected chi connectivity index (χ2v) is 10.7. The maximum Gasteiger partial charge on any atom is 0.312 e. The number of alkyl halides is 1. The third kappa shape index (κ3) is 4.93. The third-order valence-corrected chi connectivity index (χ3v) is 8.18. The Bertz CT molecular complexity index is 764. The third-order valence-electron chi connectivity index (χ3n) is 7.33. The number of amides is 2. The van der Waals surface area contributed by atoms with Crippen molar-refractivity contribution in [2.75, 3.05) is 32.8 Å². The molecule has 0 aliphatic carbocycles. The molecule has 2 bridgehead atoms. The van der Waals surface area contributed by atoms with Gasteiger partial charge < -0.3 is 24.4 Å². The number of likely N-dealkylation sites (tertiary alicyclic amines) is 1. The summed E-state index contributed by atoms with van der Waals surface area (Å²) in [5.41, 5.74) is -1.05. The van der Waals surface area contributed by atoms with Gasteiger partial charge in [0.25, 0.3) is 0 Å². The SMILES string of the molecule is C=CCN(CCCCC)C(=O)C1N(CCCCCO)C(=O)[C@@H]2[C@@H](C(=O)OCC)[C@@H]3OC12CC3Br. The standard InChI is InChI=1S/C25H39BrN2O6/c1-4-7-9-13-27(12-5-2)23(31)21-25-16-17(26)20(34-25)18(24(32)33-6-3)19(25)22(30)28(21)14-10-8-11-15-29/h5,17-21,29H,2,4,6-16H2,1,3H3/t17?,18-,19+,20-,21?,25?/m1/s1. The van der Waals surface area contributed by atoms with E-state index in [1.54, 1.807) is 22.8 Å². The van der Waals surface area contributed by atoms with Gasteiger partial charge in [-0.1, -0.05) is 41.8 Å². The number of esters is 1. The predicted molar refractivity (Wildman–Crippen MR) is 131 cm³/mol. The molecule has 1 spiro atoms. The van der Waals surface area contributed by atoms with Gasteiger partial charge in [0, 0.05) is 31.1 Å². The van der Waals surface area contributed by atoms with E-state index >= 15 is 0 Å². The molecule has 3 unspecified atom stereocenters. The van der Waals surface area contributed by atoms with Crippen LogP contribution >= 0.6 is 15.9 Å². The maximum absolute atomic E-state index is 14.0. The van der Waals surface area contributed by atoms with Crippen molar-refractivity contribution in [1.29, 1.82) is 0 Å². The van der Waals surface area contributed by atoms with Gasteiger partial charge in [0.2, 0.25) is 11.8 Å². The first kappa shape index (κ1) is 27.1. The van der Waals surface area contributed by atoms with Gasteiger partial charge in [-0.05, 0) is 39.0 Å². The minimum absolute atomic E-state index is 0.0917. The number of unbranched alkanes of at least 4 members (excludes halogenated alkanes) is 4. The van der Waals surface area contributed by atoms with Crippen molar-refractivity contribution < 1.29 is 29.0 Å². The number of aliphatic hydroxyl groups is 1. The number of hydrogen-bond donors (Lipinski definition) is 1. The first-order valence-electron chi connectivity index (χ1n) is 12.7. The zero-order valence-electron chi connectivity index (χ0n) is 20.4. The highest BCUT2D eigenvalue weighted by Crippen LogP contribution is 2.60. The molecule has 0 aromatic rings. The lowest BCUT2D eigenvalue weighted by Gasteiger charge is -2.37. The zero-order chi connectivity index (χ0) is 24.9. The van der Waals surface area contributed by atoms with Crippen molar-refractivity contribution in [3.8, 4) is 0 Å². The fraction of sp³-hybridized carbons (Fsp3) is 0.800. The van der Waals surface area contributed by atoms with Crippen LogP contribution < -0.4 is 0 Å². The largest absolute Gasteiger partial charge is 0.466 e. The molecule has 3 rings (SSSR count). The van der Waals surface area contributed by atoms with E-state index in [2.05, 4.69) is 29.4 Å². The van der Waals surface area contributed by atoms with Crippen LogP contribution in [0.3, 0.4) is 0 Å². The number of carbonyl (C=O) groups excluding carboxylic acids is 3. The number of carbonyl (C=O) groups is 3. The molecular weight excluding hydrogens is 504 g/mol. The molecule has 2 amide bonds. The fourth-order valence-electron chi connectivity index (χ4n) is 5.90. The van der Waals surface area contributed by atoms with Crippen LogP contribution in [0.2, 0.25) is 0 Å². The highest BCUT2D eigenvalue weighted by molar-refractivity contribution is 9.09. The number of hydrogen-bond acceptors (Lipinski definition) is 6. The Labute approximate surface area is 211 Å². The summed E-state index contributed by atoms with van der Waals surface area (Å²) in [4.78, 5) is 44.1. The fourth-order valence-corrected chi connectivity index (χ4v) is 6.84. The Morgan fingerprint density at radius 1 is 1.29 bits per heavy atom. The zero-order valence-corrected chi connectivity index (χ0v) is 22.0. The summed E-state index contributed by atoms with van der Waals surface area (Å²) in [6, 6.07) is -0.787.